The number of aliphatic hydroxyl groups is 1. The van der Waals surface area contributed by atoms with Crippen LogP contribution in [0.2, 0.25) is 0 Å². The van der Waals surface area contributed by atoms with Crippen molar-refractivity contribution in [1.82, 2.24) is 0 Å². The van der Waals surface area contributed by atoms with Gasteiger partial charge >= 0.3 is 5.97 Å². The Morgan fingerprint density at radius 3 is 2.22 bits per heavy atom. The first-order valence-electron chi connectivity index (χ1n) is 15.3. The molecule has 2 aromatic carbocycles. The minimum absolute atomic E-state index is 0.0457. The summed E-state index contributed by atoms with van der Waals surface area (Å²) in [5.74, 6) is -2.26. The van der Waals surface area contributed by atoms with E-state index in [1.807, 2.05) is 19.1 Å². The molecule has 9 unspecified atom stereocenters. The zero-order chi connectivity index (χ0) is 32.9. The monoisotopic (exact) mass is 646 g/mol. The van der Waals surface area contributed by atoms with Gasteiger partial charge in [0.15, 0.2) is 35.1 Å². The van der Waals surface area contributed by atoms with E-state index < -0.39 is 66.1 Å². The molecule has 252 valence electrons. The molecule has 0 saturated carbocycles. The van der Waals surface area contributed by atoms with Crippen LogP contribution in [0.4, 0.5) is 0 Å². The second-order valence-electron chi connectivity index (χ2n) is 12.5. The predicted molar refractivity (Wildman–Crippen MR) is 159 cm³/mol. The third-order valence-electron chi connectivity index (χ3n) is 9.48. The fourth-order valence-corrected chi connectivity index (χ4v) is 7.10. The van der Waals surface area contributed by atoms with E-state index in [0.29, 0.717) is 17.1 Å². The van der Waals surface area contributed by atoms with Gasteiger partial charge in [0.05, 0.1) is 51.7 Å². The van der Waals surface area contributed by atoms with E-state index in [9.17, 15) is 15.0 Å². The second kappa shape index (κ2) is 12.7. The van der Waals surface area contributed by atoms with E-state index in [1.165, 1.54) is 14.2 Å². The smallest absolute Gasteiger partial charge is 0.310 e. The lowest BCUT2D eigenvalue weighted by molar-refractivity contribution is -0.339. The van der Waals surface area contributed by atoms with Gasteiger partial charge < -0.3 is 57.6 Å². The Hall–Kier alpha value is -3.33. The van der Waals surface area contributed by atoms with Crippen LogP contribution in [0.3, 0.4) is 0 Å². The number of carbonyl (C=O) groups excluding carboxylic acids is 1. The van der Waals surface area contributed by atoms with Crippen LogP contribution < -0.4 is 18.9 Å². The molecule has 3 heterocycles. The summed E-state index contributed by atoms with van der Waals surface area (Å²) in [4.78, 5) is 13.5. The topological polar surface area (TPSA) is 150 Å². The summed E-state index contributed by atoms with van der Waals surface area (Å²) in [6.07, 6.45) is -4.05. The number of esters is 1. The van der Waals surface area contributed by atoms with Gasteiger partial charge in [-0.15, -0.1) is 0 Å². The van der Waals surface area contributed by atoms with Gasteiger partial charge in [0.2, 0.25) is 12.5 Å². The number of methoxy groups -OCH3 is 4. The molecule has 13 heteroatoms. The highest BCUT2D eigenvalue weighted by Crippen LogP contribution is 2.57. The normalized spacial score (nSPS) is 31.7. The first-order chi connectivity index (χ1) is 22.0. The second-order valence-corrected chi connectivity index (χ2v) is 12.5. The van der Waals surface area contributed by atoms with Gasteiger partial charge in [0.25, 0.3) is 0 Å². The maximum absolute atomic E-state index is 13.5. The van der Waals surface area contributed by atoms with Crippen LogP contribution in [0.15, 0.2) is 24.3 Å². The minimum Gasteiger partial charge on any atom is -0.502 e. The van der Waals surface area contributed by atoms with Crippen molar-refractivity contribution in [2.75, 3.05) is 48.4 Å². The van der Waals surface area contributed by atoms with Crippen molar-refractivity contribution in [3.05, 3.63) is 41.0 Å². The molecule has 1 aliphatic carbocycles. The number of hydrogen-bond acceptors (Lipinski definition) is 13. The minimum atomic E-state index is -1.15. The molecular formula is C33H42O13. The molecule has 13 nitrogen and oxygen atoms in total. The van der Waals surface area contributed by atoms with Gasteiger partial charge in [-0.2, -0.15) is 0 Å². The summed E-state index contributed by atoms with van der Waals surface area (Å²) in [5, 5.41) is 22.3. The van der Waals surface area contributed by atoms with Crippen LogP contribution in [0.25, 0.3) is 0 Å². The van der Waals surface area contributed by atoms with Gasteiger partial charge in [-0.05, 0) is 61.7 Å². The first-order valence-corrected chi connectivity index (χ1v) is 15.3. The number of rotatable bonds is 10. The number of aromatic hydroxyl groups is 1. The molecule has 2 aromatic rings. The Balaban J connectivity index is 1.42. The van der Waals surface area contributed by atoms with Crippen LogP contribution in [-0.2, 0) is 33.2 Å². The summed E-state index contributed by atoms with van der Waals surface area (Å²) in [5.41, 5.74) is 2.13. The van der Waals surface area contributed by atoms with Gasteiger partial charge in [-0.25, -0.2) is 0 Å². The molecule has 0 radical (unpaired) electrons. The molecule has 2 N–H and O–H groups in total. The molecule has 4 aliphatic rings. The van der Waals surface area contributed by atoms with E-state index in [2.05, 4.69) is 0 Å². The molecule has 2 fully saturated rings. The van der Waals surface area contributed by atoms with Crippen LogP contribution in [0.5, 0.6) is 28.7 Å². The van der Waals surface area contributed by atoms with Crippen molar-refractivity contribution in [1.29, 1.82) is 0 Å². The molecular weight excluding hydrogens is 604 g/mol. The SMILES string of the molecule is COCC1C(O)C(OC2c3cc4c(cc3C(c3cc(OC)c(O)c(OC)c3)C3C(=O)OCC23)OCO4)OC(C)C1OC(C)(C)OC. The average Bonchev–Trinajstić information content (AvgIpc) is 3.66. The molecule has 0 bridgehead atoms. The van der Waals surface area contributed by atoms with Crippen LogP contribution in [0.1, 0.15) is 49.5 Å². The highest BCUT2D eigenvalue weighted by molar-refractivity contribution is 5.79. The highest BCUT2D eigenvalue weighted by atomic mass is 16.7. The molecule has 46 heavy (non-hydrogen) atoms. The summed E-state index contributed by atoms with van der Waals surface area (Å²) >= 11 is 0. The molecule has 0 aromatic heterocycles. The third-order valence-corrected chi connectivity index (χ3v) is 9.48. The highest BCUT2D eigenvalue weighted by Gasteiger charge is 2.55. The van der Waals surface area contributed by atoms with Crippen molar-refractivity contribution in [2.24, 2.45) is 17.8 Å². The summed E-state index contributed by atoms with van der Waals surface area (Å²) in [7, 11) is 6.00. The standard InChI is InChI=1S/C33H42O13/c1-15-29(46-33(2,3)40-7)20(12-37-4)27(34)32(44-15)45-30-18-11-22-21(42-14-43-22)10-17(18)25(26-19(30)13-41-31(26)36)16-8-23(38-5)28(35)24(9-16)39-6/h8-11,15,19-20,25-27,29-30,32,34-35H,12-14H2,1-7H3. The number of hydrogen-bond donors (Lipinski definition) is 2. The zero-order valence-electron chi connectivity index (χ0n) is 27.0. The van der Waals surface area contributed by atoms with Gasteiger partial charge in [-0.3, -0.25) is 4.79 Å². The lowest BCUT2D eigenvalue weighted by Gasteiger charge is -2.47. The van der Waals surface area contributed by atoms with E-state index in [1.54, 1.807) is 40.2 Å². The number of benzene rings is 2. The van der Waals surface area contributed by atoms with E-state index in [4.69, 9.17) is 47.4 Å². The van der Waals surface area contributed by atoms with Crippen molar-refractivity contribution in [3.63, 3.8) is 0 Å². The van der Waals surface area contributed by atoms with Crippen molar-refractivity contribution in [2.45, 2.75) is 63.2 Å². The Morgan fingerprint density at radius 1 is 0.957 bits per heavy atom. The van der Waals surface area contributed by atoms with E-state index in [-0.39, 0.29) is 37.3 Å². The third kappa shape index (κ3) is 5.62. The molecule has 0 spiro atoms. The lowest BCUT2D eigenvalue weighted by Crippen LogP contribution is -2.58. The Labute approximate surface area is 267 Å². The largest absolute Gasteiger partial charge is 0.502 e. The molecule has 2 saturated heterocycles. The maximum atomic E-state index is 13.5. The molecule has 3 aliphatic heterocycles. The fourth-order valence-electron chi connectivity index (χ4n) is 7.10. The van der Waals surface area contributed by atoms with Crippen molar-refractivity contribution < 1.29 is 62.4 Å². The number of ether oxygens (including phenoxy) is 10. The number of cyclic esters (lactones) is 1. The Kier molecular flexibility index (Phi) is 9.00. The molecule has 6 rings (SSSR count). The van der Waals surface area contributed by atoms with Crippen LogP contribution >= 0.6 is 0 Å². The van der Waals surface area contributed by atoms with E-state index >= 15 is 0 Å². The lowest BCUT2D eigenvalue weighted by atomic mass is 9.66. The van der Waals surface area contributed by atoms with E-state index in [0.717, 1.165) is 11.1 Å². The molecule has 0 amide bonds. The summed E-state index contributed by atoms with van der Waals surface area (Å²) in [6, 6.07) is 7.07. The quantitative estimate of drug-likeness (QED) is 0.288. The number of carbonyl (C=O) groups is 1. The zero-order valence-corrected chi connectivity index (χ0v) is 27.0. The average molecular weight is 647 g/mol. The number of aliphatic hydroxyl groups excluding tert-OH is 1. The number of phenols is 1. The van der Waals surface area contributed by atoms with Crippen molar-refractivity contribution in [3.8, 4) is 28.7 Å². The number of phenolic OH excluding ortho intramolecular Hbond substituents is 1. The fraction of sp³-hybridized carbons (Fsp3) is 0.606. The van der Waals surface area contributed by atoms with Gasteiger partial charge in [-0.1, -0.05) is 0 Å². The van der Waals surface area contributed by atoms with Gasteiger partial charge in [0.1, 0.15) is 6.10 Å². The van der Waals surface area contributed by atoms with Gasteiger partial charge in [0, 0.05) is 32.0 Å². The Bertz CT molecular complexity index is 1420. The molecule has 9 atom stereocenters. The first kappa shape index (κ1) is 32.6. The maximum Gasteiger partial charge on any atom is 0.310 e. The summed E-state index contributed by atoms with van der Waals surface area (Å²) in [6.45, 7) is 5.73. The Morgan fingerprint density at radius 2 is 1.61 bits per heavy atom. The predicted octanol–water partition coefficient (Wildman–Crippen LogP) is 3.27. The van der Waals surface area contributed by atoms with Crippen molar-refractivity contribution >= 4 is 5.97 Å². The summed E-state index contributed by atoms with van der Waals surface area (Å²) < 4.78 is 58.3. The van der Waals surface area contributed by atoms with Crippen LogP contribution in [-0.4, -0.2) is 95.0 Å². The number of fused-ring (bicyclic) bond motifs is 3. The van der Waals surface area contributed by atoms with Crippen LogP contribution in [0, 0.1) is 17.8 Å².